The zero-order chi connectivity index (χ0) is 12.8. The van der Waals surface area contributed by atoms with Crippen LogP contribution < -0.4 is 5.73 Å². The number of aliphatic hydroxyl groups is 1. The highest BCUT2D eigenvalue weighted by molar-refractivity contribution is 5.42. The summed E-state index contributed by atoms with van der Waals surface area (Å²) in [5, 5.41) is 8.84. The fourth-order valence-corrected chi connectivity index (χ4v) is 1.73. The van der Waals surface area contributed by atoms with Gasteiger partial charge in [-0.15, -0.1) is 0 Å². The van der Waals surface area contributed by atoms with E-state index in [1.54, 1.807) is 18.2 Å². The van der Waals surface area contributed by atoms with Gasteiger partial charge in [0, 0.05) is 31.3 Å². The van der Waals surface area contributed by atoms with E-state index in [0.717, 1.165) is 6.54 Å². The van der Waals surface area contributed by atoms with Crippen molar-refractivity contribution in [3.63, 3.8) is 0 Å². The van der Waals surface area contributed by atoms with Crippen LogP contribution in [-0.2, 0) is 6.54 Å². The van der Waals surface area contributed by atoms with Gasteiger partial charge in [-0.05, 0) is 26.3 Å². The zero-order valence-corrected chi connectivity index (χ0v) is 10.5. The fourth-order valence-electron chi connectivity index (χ4n) is 1.73. The molecule has 1 aromatic carbocycles. The van der Waals surface area contributed by atoms with Crippen LogP contribution in [0.1, 0.15) is 25.8 Å². The summed E-state index contributed by atoms with van der Waals surface area (Å²) in [5.41, 5.74) is 6.34. The Labute approximate surface area is 102 Å². The molecule has 0 bridgehead atoms. The first-order chi connectivity index (χ1) is 8.06. The summed E-state index contributed by atoms with van der Waals surface area (Å²) < 4.78 is 13.7. The molecule has 0 aromatic heterocycles. The van der Waals surface area contributed by atoms with Crippen molar-refractivity contribution in [2.75, 3.05) is 18.9 Å². The second-order valence-electron chi connectivity index (χ2n) is 4.46. The molecule has 0 spiro atoms. The quantitative estimate of drug-likeness (QED) is 0.748. The molecular formula is C13H21FN2O. The maximum atomic E-state index is 13.7. The van der Waals surface area contributed by atoms with Crippen LogP contribution in [0.3, 0.4) is 0 Å². The number of hydrogen-bond donors (Lipinski definition) is 2. The van der Waals surface area contributed by atoms with Crippen LogP contribution >= 0.6 is 0 Å². The van der Waals surface area contributed by atoms with E-state index in [4.69, 9.17) is 10.8 Å². The molecule has 0 amide bonds. The van der Waals surface area contributed by atoms with E-state index in [2.05, 4.69) is 18.7 Å². The van der Waals surface area contributed by atoms with Gasteiger partial charge in [0.15, 0.2) is 5.82 Å². The molecule has 96 valence electrons. The Morgan fingerprint density at radius 3 is 2.71 bits per heavy atom. The lowest BCUT2D eigenvalue weighted by Gasteiger charge is -2.26. The Kier molecular flexibility index (Phi) is 5.38. The van der Waals surface area contributed by atoms with Gasteiger partial charge in [0.05, 0.1) is 5.69 Å². The van der Waals surface area contributed by atoms with Gasteiger partial charge in [0.1, 0.15) is 0 Å². The zero-order valence-electron chi connectivity index (χ0n) is 10.5. The highest BCUT2D eigenvalue weighted by atomic mass is 19.1. The van der Waals surface area contributed by atoms with Crippen molar-refractivity contribution in [3.8, 4) is 0 Å². The Bertz CT molecular complexity index is 355. The van der Waals surface area contributed by atoms with Gasteiger partial charge in [-0.2, -0.15) is 0 Å². The summed E-state index contributed by atoms with van der Waals surface area (Å²) in [7, 11) is 0. The van der Waals surface area contributed by atoms with E-state index >= 15 is 0 Å². The number of anilines is 1. The minimum absolute atomic E-state index is 0.155. The van der Waals surface area contributed by atoms with Crippen LogP contribution in [0, 0.1) is 5.82 Å². The van der Waals surface area contributed by atoms with Crippen molar-refractivity contribution in [3.05, 3.63) is 29.6 Å². The summed E-state index contributed by atoms with van der Waals surface area (Å²) in [6.07, 6.45) is 0.697. The molecule has 0 unspecified atom stereocenters. The minimum Gasteiger partial charge on any atom is -0.396 e. The molecular weight excluding hydrogens is 219 g/mol. The molecule has 0 aliphatic carbocycles. The SMILES string of the molecule is CC(C)N(CCCO)Cc1cccc(N)c1F. The molecule has 4 heteroatoms. The molecule has 0 saturated carbocycles. The van der Waals surface area contributed by atoms with Crippen LogP contribution in [-0.4, -0.2) is 29.2 Å². The second kappa shape index (κ2) is 6.57. The predicted octanol–water partition coefficient (Wildman–Crippen LogP) is 2.00. The standard InChI is InChI=1S/C13H21FN2O/c1-10(2)16(7-4-8-17)9-11-5-3-6-12(15)13(11)14/h3,5-6,10,17H,4,7-9,15H2,1-2H3. The lowest BCUT2D eigenvalue weighted by Crippen LogP contribution is -2.32. The predicted molar refractivity (Wildman–Crippen MR) is 68.1 cm³/mol. The van der Waals surface area contributed by atoms with Crippen LogP contribution in [0.2, 0.25) is 0 Å². The highest BCUT2D eigenvalue weighted by Crippen LogP contribution is 2.17. The van der Waals surface area contributed by atoms with Crippen molar-refractivity contribution in [1.29, 1.82) is 0 Å². The first kappa shape index (κ1) is 13.9. The van der Waals surface area contributed by atoms with E-state index in [0.29, 0.717) is 24.6 Å². The lowest BCUT2D eigenvalue weighted by molar-refractivity contribution is 0.183. The molecule has 0 aliphatic rings. The molecule has 0 atom stereocenters. The third-order valence-corrected chi connectivity index (χ3v) is 2.82. The number of hydrogen-bond acceptors (Lipinski definition) is 3. The molecule has 1 aromatic rings. The Hall–Kier alpha value is -1.13. The van der Waals surface area contributed by atoms with E-state index in [9.17, 15) is 4.39 Å². The Morgan fingerprint density at radius 1 is 1.41 bits per heavy atom. The number of nitrogen functional groups attached to an aromatic ring is 1. The highest BCUT2D eigenvalue weighted by Gasteiger charge is 2.13. The van der Waals surface area contributed by atoms with Crippen molar-refractivity contribution in [1.82, 2.24) is 4.90 Å². The van der Waals surface area contributed by atoms with Gasteiger partial charge < -0.3 is 10.8 Å². The Balaban J connectivity index is 2.75. The molecule has 0 saturated heterocycles. The largest absolute Gasteiger partial charge is 0.396 e. The van der Waals surface area contributed by atoms with Crippen LogP contribution in [0.15, 0.2) is 18.2 Å². The van der Waals surface area contributed by atoms with Crippen LogP contribution in [0.4, 0.5) is 10.1 Å². The monoisotopic (exact) mass is 240 g/mol. The van der Waals surface area contributed by atoms with Crippen LogP contribution in [0.5, 0.6) is 0 Å². The third kappa shape index (κ3) is 3.98. The van der Waals surface area contributed by atoms with Gasteiger partial charge in [-0.25, -0.2) is 4.39 Å². The van der Waals surface area contributed by atoms with Crippen molar-refractivity contribution in [2.24, 2.45) is 0 Å². The molecule has 0 fully saturated rings. The maximum absolute atomic E-state index is 13.7. The molecule has 0 radical (unpaired) electrons. The van der Waals surface area contributed by atoms with Gasteiger partial charge >= 0.3 is 0 Å². The average Bonchev–Trinajstić information content (AvgIpc) is 2.29. The summed E-state index contributed by atoms with van der Waals surface area (Å²) in [6.45, 7) is 5.54. The maximum Gasteiger partial charge on any atom is 0.150 e. The summed E-state index contributed by atoms with van der Waals surface area (Å²) >= 11 is 0. The van der Waals surface area contributed by atoms with Gasteiger partial charge in [0.25, 0.3) is 0 Å². The molecule has 3 nitrogen and oxygen atoms in total. The average molecular weight is 240 g/mol. The molecule has 0 heterocycles. The lowest BCUT2D eigenvalue weighted by atomic mass is 10.1. The number of benzene rings is 1. The number of rotatable bonds is 6. The summed E-state index contributed by atoms with van der Waals surface area (Å²) in [5.74, 6) is -0.331. The third-order valence-electron chi connectivity index (χ3n) is 2.82. The van der Waals surface area contributed by atoms with Gasteiger partial charge in [-0.3, -0.25) is 4.90 Å². The first-order valence-electron chi connectivity index (χ1n) is 5.94. The first-order valence-corrected chi connectivity index (χ1v) is 5.94. The summed E-state index contributed by atoms with van der Waals surface area (Å²) in [4.78, 5) is 2.12. The fraction of sp³-hybridized carbons (Fsp3) is 0.538. The second-order valence-corrected chi connectivity index (χ2v) is 4.46. The van der Waals surface area contributed by atoms with Crippen molar-refractivity contribution in [2.45, 2.75) is 32.9 Å². The molecule has 17 heavy (non-hydrogen) atoms. The summed E-state index contributed by atoms with van der Waals surface area (Å²) in [6, 6.07) is 5.38. The van der Waals surface area contributed by atoms with E-state index < -0.39 is 0 Å². The van der Waals surface area contributed by atoms with Crippen molar-refractivity contribution < 1.29 is 9.50 Å². The van der Waals surface area contributed by atoms with Crippen LogP contribution in [0.25, 0.3) is 0 Å². The molecule has 3 N–H and O–H groups in total. The number of halogens is 1. The van der Waals surface area contributed by atoms with Gasteiger partial charge in [0.2, 0.25) is 0 Å². The molecule has 1 rings (SSSR count). The number of nitrogens with zero attached hydrogens (tertiary/aromatic N) is 1. The minimum atomic E-state index is -0.331. The topological polar surface area (TPSA) is 49.5 Å². The van der Waals surface area contributed by atoms with Crippen molar-refractivity contribution >= 4 is 5.69 Å². The smallest absolute Gasteiger partial charge is 0.150 e. The van der Waals surface area contributed by atoms with Gasteiger partial charge in [-0.1, -0.05) is 12.1 Å². The molecule has 0 aliphatic heterocycles. The normalized spacial score (nSPS) is 11.4. The van der Waals surface area contributed by atoms with E-state index in [1.807, 2.05) is 0 Å². The van der Waals surface area contributed by atoms with E-state index in [1.165, 1.54) is 0 Å². The number of nitrogens with two attached hydrogens (primary N) is 1. The number of aliphatic hydroxyl groups excluding tert-OH is 1. The van der Waals surface area contributed by atoms with E-state index in [-0.39, 0.29) is 18.1 Å². The Morgan fingerprint density at radius 2 is 2.12 bits per heavy atom.